The minimum Gasteiger partial charge on any atom is -0.409 e. The summed E-state index contributed by atoms with van der Waals surface area (Å²) < 4.78 is 0. The van der Waals surface area contributed by atoms with Crippen LogP contribution in [0, 0.1) is 0 Å². The van der Waals surface area contributed by atoms with Crippen LogP contribution in [0.25, 0.3) is 0 Å². The molecular weight excluding hydrogens is 160 g/mol. The molecule has 0 aliphatic carbocycles. The van der Waals surface area contributed by atoms with Crippen molar-refractivity contribution in [3.63, 3.8) is 0 Å². The van der Waals surface area contributed by atoms with Crippen LogP contribution in [0.5, 0.6) is 0 Å². The molecule has 2 N–H and O–H groups in total. The monoisotopic (exact) mass is 174 g/mol. The van der Waals surface area contributed by atoms with Gasteiger partial charge in [0.25, 0.3) is 0 Å². The van der Waals surface area contributed by atoms with Crippen molar-refractivity contribution in [1.29, 1.82) is 0 Å². The maximum Gasteiger partial charge on any atom is 0.213 e. The van der Waals surface area contributed by atoms with Gasteiger partial charge in [-0.3, -0.25) is 0 Å². The molecule has 0 atom stereocenters. The molecule has 0 saturated carbocycles. The van der Waals surface area contributed by atoms with Crippen molar-refractivity contribution in [3.05, 3.63) is 0 Å². The molecule has 0 unspecified atom stereocenters. The molecule has 0 aromatic carbocycles. The number of rotatable bonds is 0. The Balaban J connectivity index is 4.73. The lowest BCUT2D eigenvalue weighted by atomic mass is 10.4. The summed E-state index contributed by atoms with van der Waals surface area (Å²) in [6.07, 6.45) is 0. The maximum absolute atomic E-state index is 8.57. The number of nitrogens with zero attached hydrogens (tertiary/aromatic N) is 4. The summed E-state index contributed by atoms with van der Waals surface area (Å²) >= 11 is 0. The first-order valence-electron chi connectivity index (χ1n) is 3.33. The first-order chi connectivity index (χ1) is 5.54. The Morgan fingerprint density at radius 3 is 1.17 bits per heavy atom. The standard InChI is InChI=1S/C6H14N4O2/c1-9(2)5(7-11)6(8-12)10(3)4/h11-12H,1-4H3/b7-5-,8-6-. The Hall–Kier alpha value is -1.46. The van der Waals surface area contributed by atoms with E-state index >= 15 is 0 Å². The fraction of sp³-hybridized carbons (Fsp3) is 0.667. The van der Waals surface area contributed by atoms with Crippen LogP contribution >= 0.6 is 0 Å². The molecule has 0 aromatic heterocycles. The van der Waals surface area contributed by atoms with Gasteiger partial charge in [-0.15, -0.1) is 0 Å². The number of likely N-dealkylation sites (N-methyl/N-ethyl adjacent to an activating group) is 2. The highest BCUT2D eigenvalue weighted by atomic mass is 16.4. The van der Waals surface area contributed by atoms with Crippen molar-refractivity contribution in [2.24, 2.45) is 10.3 Å². The summed E-state index contributed by atoms with van der Waals surface area (Å²) in [6, 6.07) is 0. The van der Waals surface area contributed by atoms with E-state index in [2.05, 4.69) is 10.3 Å². The lowest BCUT2D eigenvalue weighted by molar-refractivity contribution is 0.301. The highest BCUT2D eigenvalue weighted by Crippen LogP contribution is 1.91. The molecule has 0 aromatic rings. The molecule has 0 aliphatic heterocycles. The highest BCUT2D eigenvalue weighted by molar-refractivity contribution is 6.39. The van der Waals surface area contributed by atoms with Gasteiger partial charge in [-0.25, -0.2) is 0 Å². The van der Waals surface area contributed by atoms with Gasteiger partial charge >= 0.3 is 0 Å². The van der Waals surface area contributed by atoms with Crippen LogP contribution in [-0.2, 0) is 0 Å². The van der Waals surface area contributed by atoms with Gasteiger partial charge in [0, 0.05) is 28.2 Å². The Labute approximate surface area is 71.4 Å². The Bertz CT molecular complexity index is 176. The second-order valence-electron chi connectivity index (χ2n) is 2.64. The van der Waals surface area contributed by atoms with Crippen LogP contribution in [0.1, 0.15) is 0 Å². The first-order valence-corrected chi connectivity index (χ1v) is 3.33. The average molecular weight is 174 g/mol. The zero-order valence-electron chi connectivity index (χ0n) is 7.68. The van der Waals surface area contributed by atoms with Crippen LogP contribution in [0.4, 0.5) is 0 Å². The van der Waals surface area contributed by atoms with Crippen LogP contribution in [0.3, 0.4) is 0 Å². The van der Waals surface area contributed by atoms with Gasteiger partial charge in [0.15, 0.2) is 0 Å². The SMILES string of the molecule is CN(C)C(=N\O)/C(=N/O)N(C)C. The zero-order valence-corrected chi connectivity index (χ0v) is 7.68. The van der Waals surface area contributed by atoms with E-state index in [0.717, 1.165) is 0 Å². The number of hydrogen-bond acceptors (Lipinski definition) is 4. The van der Waals surface area contributed by atoms with E-state index in [0.29, 0.717) is 0 Å². The highest BCUT2D eigenvalue weighted by Gasteiger charge is 2.14. The largest absolute Gasteiger partial charge is 0.409 e. The van der Waals surface area contributed by atoms with Gasteiger partial charge in [0.05, 0.1) is 0 Å². The molecule has 0 heterocycles. The second-order valence-corrected chi connectivity index (χ2v) is 2.64. The quantitative estimate of drug-likeness (QED) is 0.228. The predicted molar refractivity (Wildman–Crippen MR) is 45.8 cm³/mol. The van der Waals surface area contributed by atoms with Gasteiger partial charge in [-0.1, -0.05) is 10.3 Å². The van der Waals surface area contributed by atoms with Gasteiger partial charge in [-0.05, 0) is 0 Å². The Kier molecular flexibility index (Phi) is 3.89. The minimum absolute atomic E-state index is 0.197. The zero-order chi connectivity index (χ0) is 9.72. The van der Waals surface area contributed by atoms with E-state index in [1.54, 1.807) is 28.2 Å². The van der Waals surface area contributed by atoms with Gasteiger partial charge in [0.1, 0.15) is 0 Å². The van der Waals surface area contributed by atoms with E-state index in [9.17, 15) is 0 Å². The van der Waals surface area contributed by atoms with E-state index in [1.807, 2.05) is 0 Å². The molecule has 0 spiro atoms. The summed E-state index contributed by atoms with van der Waals surface area (Å²) in [7, 11) is 6.74. The fourth-order valence-electron chi connectivity index (χ4n) is 0.668. The van der Waals surface area contributed by atoms with Gasteiger partial charge < -0.3 is 20.2 Å². The molecule has 0 fully saturated rings. The fourth-order valence-corrected chi connectivity index (χ4v) is 0.668. The molecular formula is C6H14N4O2. The smallest absolute Gasteiger partial charge is 0.213 e. The molecule has 0 bridgehead atoms. The molecule has 12 heavy (non-hydrogen) atoms. The number of oxime groups is 2. The summed E-state index contributed by atoms with van der Waals surface area (Å²) in [5.74, 6) is 0.394. The third kappa shape index (κ3) is 2.30. The summed E-state index contributed by atoms with van der Waals surface area (Å²) in [5, 5.41) is 23.1. The van der Waals surface area contributed by atoms with Crippen LogP contribution in [0.2, 0.25) is 0 Å². The molecule has 0 rings (SSSR count). The van der Waals surface area contributed by atoms with Crippen molar-refractivity contribution in [2.45, 2.75) is 0 Å². The lowest BCUT2D eigenvalue weighted by Gasteiger charge is -2.19. The van der Waals surface area contributed by atoms with Gasteiger partial charge in [0.2, 0.25) is 11.7 Å². The van der Waals surface area contributed by atoms with E-state index in [1.165, 1.54) is 9.80 Å². The third-order valence-corrected chi connectivity index (χ3v) is 1.24. The Morgan fingerprint density at radius 2 is 1.08 bits per heavy atom. The van der Waals surface area contributed by atoms with Crippen molar-refractivity contribution < 1.29 is 10.4 Å². The molecule has 0 radical (unpaired) electrons. The van der Waals surface area contributed by atoms with Crippen molar-refractivity contribution in [3.8, 4) is 0 Å². The number of hydrogen-bond donors (Lipinski definition) is 2. The molecule has 0 saturated heterocycles. The molecule has 6 nitrogen and oxygen atoms in total. The first kappa shape index (κ1) is 10.5. The minimum atomic E-state index is 0.197. The van der Waals surface area contributed by atoms with Crippen LogP contribution in [-0.4, -0.2) is 60.1 Å². The van der Waals surface area contributed by atoms with Crippen molar-refractivity contribution in [2.75, 3.05) is 28.2 Å². The van der Waals surface area contributed by atoms with Crippen LogP contribution < -0.4 is 0 Å². The van der Waals surface area contributed by atoms with Crippen LogP contribution in [0.15, 0.2) is 10.3 Å². The third-order valence-electron chi connectivity index (χ3n) is 1.24. The molecule has 6 heteroatoms. The second kappa shape index (κ2) is 4.42. The van der Waals surface area contributed by atoms with E-state index < -0.39 is 0 Å². The lowest BCUT2D eigenvalue weighted by Crippen LogP contribution is -2.38. The molecule has 70 valence electrons. The summed E-state index contributed by atoms with van der Waals surface area (Å²) in [5.41, 5.74) is 0. The molecule has 0 amide bonds. The van der Waals surface area contributed by atoms with Crippen molar-refractivity contribution in [1.82, 2.24) is 9.80 Å². The average Bonchev–Trinajstić information content (AvgIpc) is 1.98. The van der Waals surface area contributed by atoms with Crippen molar-refractivity contribution >= 4 is 11.7 Å². The normalized spacial score (nSPS) is 13.0. The summed E-state index contributed by atoms with van der Waals surface area (Å²) in [4.78, 5) is 3.07. The topological polar surface area (TPSA) is 71.7 Å². The number of amidine groups is 2. The Morgan fingerprint density at radius 1 is 0.833 bits per heavy atom. The van der Waals surface area contributed by atoms with E-state index in [4.69, 9.17) is 10.4 Å². The van der Waals surface area contributed by atoms with Gasteiger partial charge in [-0.2, -0.15) is 0 Å². The summed E-state index contributed by atoms with van der Waals surface area (Å²) in [6.45, 7) is 0. The maximum atomic E-state index is 8.57. The predicted octanol–water partition coefficient (Wildman–Crippen LogP) is -0.315. The molecule has 0 aliphatic rings. The van der Waals surface area contributed by atoms with E-state index in [-0.39, 0.29) is 11.7 Å².